The van der Waals surface area contributed by atoms with Crippen LogP contribution in [0.2, 0.25) is 0 Å². The molecule has 0 radical (unpaired) electrons. The maximum Gasteiger partial charge on any atom is 0.132 e. The Morgan fingerprint density at radius 1 is 0.743 bits per heavy atom. The first-order valence-electron chi connectivity index (χ1n) is 13.5. The highest BCUT2D eigenvalue weighted by Gasteiger charge is 2.27. The summed E-state index contributed by atoms with van der Waals surface area (Å²) in [4.78, 5) is 7.45. The number of nitrogens with one attached hydrogen (secondary N) is 4. The predicted molar refractivity (Wildman–Crippen MR) is 143 cm³/mol. The zero-order chi connectivity index (χ0) is 23.9. The molecule has 0 amide bonds. The molecule has 1 aliphatic heterocycles. The van der Waals surface area contributed by atoms with Gasteiger partial charge in [0.2, 0.25) is 0 Å². The Kier molecular flexibility index (Phi) is 8.97. The number of rotatable bonds is 3. The van der Waals surface area contributed by atoms with Gasteiger partial charge >= 0.3 is 0 Å². The van der Waals surface area contributed by atoms with Crippen LogP contribution in [-0.2, 0) is 13.1 Å². The van der Waals surface area contributed by atoms with Crippen LogP contribution >= 0.6 is 11.8 Å². The molecular weight excluding hydrogens is 454 g/mol. The van der Waals surface area contributed by atoms with Crippen molar-refractivity contribution in [2.45, 2.75) is 98.4 Å². The number of aromatic nitrogens is 1. The molecule has 6 nitrogen and oxygen atoms in total. The second kappa shape index (κ2) is 12.5. The highest BCUT2D eigenvalue weighted by molar-refractivity contribution is 7.99. The highest BCUT2D eigenvalue weighted by Crippen LogP contribution is 2.35. The first-order valence-corrected chi connectivity index (χ1v) is 14.3. The van der Waals surface area contributed by atoms with Crippen molar-refractivity contribution in [3.63, 3.8) is 0 Å². The Morgan fingerprint density at radius 3 is 1.80 bits per heavy atom. The molecule has 2 fully saturated rings. The van der Waals surface area contributed by atoms with Crippen LogP contribution in [0, 0.1) is 0 Å². The van der Waals surface area contributed by atoms with Crippen molar-refractivity contribution in [2.24, 2.45) is 0 Å². The highest BCUT2D eigenvalue weighted by atomic mass is 32.2. The molecule has 0 unspecified atom stereocenters. The summed E-state index contributed by atoms with van der Waals surface area (Å²) < 4.78 is 5.61. The fourth-order valence-electron chi connectivity index (χ4n) is 5.91. The van der Waals surface area contributed by atoms with Crippen molar-refractivity contribution in [3.05, 3.63) is 47.8 Å². The monoisotopic (exact) mass is 495 g/mol. The molecule has 1 aromatic heterocycles. The van der Waals surface area contributed by atoms with Crippen LogP contribution in [0.25, 0.3) is 0 Å². The van der Waals surface area contributed by atoms with E-state index in [2.05, 4.69) is 45.5 Å². The lowest BCUT2D eigenvalue weighted by molar-refractivity contribution is 0.266. The van der Waals surface area contributed by atoms with Crippen molar-refractivity contribution in [2.75, 3.05) is 20.2 Å². The van der Waals surface area contributed by atoms with E-state index in [1.807, 2.05) is 12.1 Å². The predicted octanol–water partition coefficient (Wildman–Crippen LogP) is 4.24. The fraction of sp³-hybridized carbons (Fsp3) is 0.607. The average molecular weight is 496 g/mol. The number of pyridine rings is 1. The van der Waals surface area contributed by atoms with Crippen LogP contribution in [0.3, 0.4) is 0 Å². The third-order valence-electron chi connectivity index (χ3n) is 7.76. The molecule has 35 heavy (non-hydrogen) atoms. The molecule has 190 valence electrons. The molecule has 2 heterocycles. The van der Waals surface area contributed by atoms with Crippen molar-refractivity contribution in [1.29, 1.82) is 0 Å². The van der Waals surface area contributed by atoms with Crippen LogP contribution < -0.4 is 26.0 Å². The van der Waals surface area contributed by atoms with Gasteiger partial charge in [0.15, 0.2) is 0 Å². The third-order valence-corrected chi connectivity index (χ3v) is 8.79. The van der Waals surface area contributed by atoms with Gasteiger partial charge in [0.25, 0.3) is 0 Å². The van der Waals surface area contributed by atoms with Crippen LogP contribution in [0.5, 0.6) is 5.75 Å². The maximum atomic E-state index is 5.61. The molecule has 2 aliphatic carbocycles. The second-order valence-electron chi connectivity index (χ2n) is 10.2. The minimum Gasteiger partial charge on any atom is -0.496 e. The third kappa shape index (κ3) is 6.77. The summed E-state index contributed by atoms with van der Waals surface area (Å²) in [5, 5.41) is 15.5. The largest absolute Gasteiger partial charge is 0.496 e. The van der Waals surface area contributed by atoms with Crippen molar-refractivity contribution < 1.29 is 4.74 Å². The minimum absolute atomic E-state index is 0.505. The summed E-state index contributed by atoms with van der Waals surface area (Å²) in [5.41, 5.74) is 2.25. The van der Waals surface area contributed by atoms with Crippen molar-refractivity contribution in [3.8, 4) is 5.75 Å². The number of fused-ring (bicyclic) bond motifs is 4. The lowest BCUT2D eigenvalue weighted by atomic mass is 9.89. The Bertz CT molecular complexity index is 908. The molecule has 3 aliphatic rings. The molecule has 4 N–H and O–H groups in total. The number of methoxy groups -OCH3 is 1. The number of nitrogens with zero attached hydrogens (tertiary/aromatic N) is 1. The van der Waals surface area contributed by atoms with E-state index in [-0.39, 0.29) is 0 Å². The van der Waals surface area contributed by atoms with E-state index in [1.54, 1.807) is 18.9 Å². The van der Waals surface area contributed by atoms with Crippen LogP contribution in [-0.4, -0.2) is 49.4 Å². The maximum absolute atomic E-state index is 5.61. The lowest BCUT2D eigenvalue weighted by Gasteiger charge is -2.34. The molecule has 0 saturated heterocycles. The second-order valence-corrected chi connectivity index (χ2v) is 11.3. The van der Waals surface area contributed by atoms with Gasteiger partial charge in [0.1, 0.15) is 5.75 Å². The van der Waals surface area contributed by atoms with Gasteiger partial charge < -0.3 is 26.0 Å². The van der Waals surface area contributed by atoms with E-state index in [1.165, 1.54) is 56.3 Å². The quantitative estimate of drug-likeness (QED) is 0.508. The molecule has 0 spiro atoms. The Hall–Kier alpha value is -1.64. The van der Waals surface area contributed by atoms with Gasteiger partial charge in [0, 0.05) is 55.2 Å². The molecule has 2 bridgehead atoms. The SMILES string of the molecule is COc1ccccc1Sc1cc2nc(c1)CN[C@@H]1CCCC[C@H]1NCCN[C@@H]1CCCC[C@H]1NC2. The summed E-state index contributed by atoms with van der Waals surface area (Å²) in [6.07, 6.45) is 10.3. The number of ether oxygens (including phenoxy) is 1. The molecule has 5 rings (SSSR count). The fourth-order valence-corrected chi connectivity index (χ4v) is 6.96. The lowest BCUT2D eigenvalue weighted by Crippen LogP contribution is -2.53. The summed E-state index contributed by atoms with van der Waals surface area (Å²) in [6.45, 7) is 3.69. The average Bonchev–Trinajstić information content (AvgIpc) is 2.90. The molecule has 7 heteroatoms. The van der Waals surface area contributed by atoms with Gasteiger partial charge in [-0.2, -0.15) is 0 Å². The molecule has 1 aromatic carbocycles. The Labute approximate surface area is 214 Å². The summed E-state index contributed by atoms with van der Waals surface area (Å²) >= 11 is 1.76. The van der Waals surface area contributed by atoms with E-state index in [4.69, 9.17) is 9.72 Å². The Morgan fingerprint density at radius 2 is 1.26 bits per heavy atom. The topological polar surface area (TPSA) is 70.2 Å². The van der Waals surface area contributed by atoms with Crippen molar-refractivity contribution >= 4 is 11.8 Å². The number of hydrogen-bond donors (Lipinski definition) is 4. The summed E-state index contributed by atoms with van der Waals surface area (Å²) in [7, 11) is 1.74. The molecule has 2 aromatic rings. The zero-order valence-electron chi connectivity index (χ0n) is 21.0. The van der Waals surface area contributed by atoms with Gasteiger partial charge in [-0.25, -0.2) is 0 Å². The molecule has 4 atom stereocenters. The normalized spacial score (nSPS) is 28.1. The van der Waals surface area contributed by atoms with E-state index in [9.17, 15) is 0 Å². The van der Waals surface area contributed by atoms with Gasteiger partial charge in [-0.05, 0) is 49.9 Å². The van der Waals surface area contributed by atoms with E-state index >= 15 is 0 Å². The number of benzene rings is 1. The van der Waals surface area contributed by atoms with Gasteiger partial charge in [-0.15, -0.1) is 0 Å². The standard InChI is InChI=1S/C28H41N5OS/c1-34-27-12-6-7-13-28(27)35-22-16-20-18-31-25-10-4-2-8-23(25)29-14-15-30-24-9-3-5-11-26(24)32-19-21(17-22)33-20/h6-7,12-13,16-17,23-26,29-32H,2-5,8-11,14-15,18-19H2,1H3/t23-,24-,25-,26-/m1/s1. The van der Waals surface area contributed by atoms with E-state index in [0.29, 0.717) is 24.2 Å². The van der Waals surface area contributed by atoms with Gasteiger partial charge in [0.05, 0.1) is 23.4 Å². The van der Waals surface area contributed by atoms with Crippen LogP contribution in [0.15, 0.2) is 46.2 Å². The first kappa shape index (κ1) is 25.0. The zero-order valence-corrected chi connectivity index (χ0v) is 21.8. The van der Waals surface area contributed by atoms with E-state index < -0.39 is 0 Å². The van der Waals surface area contributed by atoms with Crippen LogP contribution in [0.1, 0.15) is 62.8 Å². The van der Waals surface area contributed by atoms with Gasteiger partial charge in [-0.1, -0.05) is 49.6 Å². The first-order chi connectivity index (χ1) is 17.3. The van der Waals surface area contributed by atoms with E-state index in [0.717, 1.165) is 48.2 Å². The number of para-hydroxylation sites is 1. The van der Waals surface area contributed by atoms with Crippen molar-refractivity contribution in [1.82, 2.24) is 26.3 Å². The summed E-state index contributed by atoms with van der Waals surface area (Å²) in [5.74, 6) is 0.916. The van der Waals surface area contributed by atoms with Gasteiger partial charge in [-0.3, -0.25) is 4.98 Å². The molecular formula is C28H41N5OS. The summed E-state index contributed by atoms with van der Waals surface area (Å²) in [6, 6.07) is 14.9. The Balaban J connectivity index is 1.40. The smallest absolute Gasteiger partial charge is 0.132 e. The molecule has 2 saturated carbocycles. The van der Waals surface area contributed by atoms with Crippen LogP contribution in [0.4, 0.5) is 0 Å². The number of hydrogen-bond acceptors (Lipinski definition) is 7. The minimum atomic E-state index is 0.505.